The van der Waals surface area contributed by atoms with E-state index in [1.54, 1.807) is 29.6 Å². The van der Waals surface area contributed by atoms with Crippen LogP contribution >= 0.6 is 11.3 Å². The van der Waals surface area contributed by atoms with Gasteiger partial charge >= 0.3 is 5.97 Å². The number of aromatic carboxylic acids is 1. The molecule has 0 atom stereocenters. The van der Waals surface area contributed by atoms with Crippen LogP contribution in [0.5, 0.6) is 5.75 Å². The molecular weight excluding hydrogens is 458 g/mol. The van der Waals surface area contributed by atoms with Crippen molar-refractivity contribution in [3.63, 3.8) is 0 Å². The van der Waals surface area contributed by atoms with E-state index in [0.717, 1.165) is 26.4 Å². The topological polar surface area (TPSA) is 68.7 Å². The second-order valence-corrected chi connectivity index (χ2v) is 11.5. The fraction of sp³-hybridized carbons (Fsp3) is 0.379. The number of carboxylic acid groups (broad SMARTS) is 1. The molecule has 184 valence electrons. The van der Waals surface area contributed by atoms with E-state index in [2.05, 4.69) is 40.9 Å². The summed E-state index contributed by atoms with van der Waals surface area (Å²) in [6.07, 6.45) is 4.92. The lowest BCUT2D eigenvalue weighted by Crippen LogP contribution is -2.49. The van der Waals surface area contributed by atoms with E-state index in [4.69, 9.17) is 14.5 Å². The molecule has 3 heterocycles. The molecule has 5 nitrogen and oxygen atoms in total. The fourth-order valence-electron chi connectivity index (χ4n) is 5.29. The minimum atomic E-state index is -1.01. The second kappa shape index (κ2) is 8.92. The fourth-order valence-corrected chi connectivity index (χ4v) is 6.41. The minimum Gasteiger partial charge on any atom is -0.489 e. The molecule has 4 rings (SSSR count). The number of rotatable bonds is 6. The molecule has 0 aliphatic carbocycles. The Morgan fingerprint density at radius 2 is 1.83 bits per heavy atom. The van der Waals surface area contributed by atoms with Crippen LogP contribution < -0.4 is 4.74 Å². The van der Waals surface area contributed by atoms with Gasteiger partial charge in [0.1, 0.15) is 11.9 Å². The Morgan fingerprint density at radius 3 is 2.37 bits per heavy atom. The predicted molar refractivity (Wildman–Crippen MR) is 145 cm³/mol. The molecule has 0 spiro atoms. The molecule has 1 N–H and O–H groups in total. The number of benzene rings is 1. The zero-order valence-electron chi connectivity index (χ0n) is 21.3. The Morgan fingerprint density at radius 1 is 1.17 bits per heavy atom. The number of ether oxygens (including phenoxy) is 2. The quantitative estimate of drug-likeness (QED) is 0.383. The molecule has 1 aromatic carbocycles. The minimum absolute atomic E-state index is 0.106. The Labute approximate surface area is 211 Å². The van der Waals surface area contributed by atoms with E-state index in [9.17, 15) is 9.90 Å². The highest BCUT2D eigenvalue weighted by Gasteiger charge is 2.40. The van der Waals surface area contributed by atoms with Gasteiger partial charge in [-0.1, -0.05) is 31.4 Å². The molecule has 1 aliphatic heterocycles. The predicted octanol–water partition coefficient (Wildman–Crippen LogP) is 7.68. The van der Waals surface area contributed by atoms with Gasteiger partial charge in [0.2, 0.25) is 0 Å². The van der Waals surface area contributed by atoms with Gasteiger partial charge in [-0.2, -0.15) is 0 Å². The van der Waals surface area contributed by atoms with E-state index in [1.165, 1.54) is 0 Å². The summed E-state index contributed by atoms with van der Waals surface area (Å²) in [6.45, 7) is 20.0. The zero-order chi connectivity index (χ0) is 25.7. The number of fused-ring (bicyclic) bond motifs is 1. The van der Waals surface area contributed by atoms with Crippen LogP contribution in [0.1, 0.15) is 72.5 Å². The molecule has 0 bridgehead atoms. The molecule has 2 aromatic heterocycles. The molecule has 1 fully saturated rings. The third-order valence-electron chi connectivity index (χ3n) is 6.48. The van der Waals surface area contributed by atoms with Crippen molar-refractivity contribution in [1.82, 2.24) is 4.98 Å². The third-order valence-corrected chi connectivity index (χ3v) is 7.81. The number of pyridine rings is 1. The van der Waals surface area contributed by atoms with Crippen LogP contribution in [0.2, 0.25) is 0 Å². The summed E-state index contributed by atoms with van der Waals surface area (Å²) in [5.41, 5.74) is 3.68. The summed E-state index contributed by atoms with van der Waals surface area (Å²) in [6, 6.07) is 5.47. The van der Waals surface area contributed by atoms with Gasteiger partial charge in [-0.3, -0.25) is 0 Å². The van der Waals surface area contributed by atoms with Crippen molar-refractivity contribution < 1.29 is 19.4 Å². The van der Waals surface area contributed by atoms with E-state index in [0.29, 0.717) is 35.2 Å². The highest BCUT2D eigenvalue weighted by molar-refractivity contribution is 7.16. The summed E-state index contributed by atoms with van der Waals surface area (Å²) in [4.78, 5) is 19.4. The summed E-state index contributed by atoms with van der Waals surface area (Å²) in [5, 5.41) is 10.8. The first kappa shape index (κ1) is 25.1. The van der Waals surface area contributed by atoms with Crippen molar-refractivity contribution in [2.45, 2.75) is 71.7 Å². The van der Waals surface area contributed by atoms with E-state index in [-0.39, 0.29) is 22.9 Å². The van der Waals surface area contributed by atoms with Crippen molar-refractivity contribution in [3.05, 3.63) is 58.5 Å². The van der Waals surface area contributed by atoms with Crippen LogP contribution in [0.4, 0.5) is 0 Å². The standard InChI is InChI=1S/C29H33NO4S/c1-9-19-17(4)26(35-23(19)10-2)21-13-20(27(31)32)24-22(12-11-16(3)25(24)30-21)33-18-14-28(5,6)34-29(7,8)15-18/h9-13,18H,1-2,14-15H2,3-8H3,(H,31,32). The monoisotopic (exact) mass is 491 g/mol. The molecule has 3 aromatic rings. The lowest BCUT2D eigenvalue weighted by Gasteiger charge is -2.45. The smallest absolute Gasteiger partial charge is 0.336 e. The van der Waals surface area contributed by atoms with Gasteiger partial charge in [-0.15, -0.1) is 11.3 Å². The van der Waals surface area contributed by atoms with E-state index < -0.39 is 5.97 Å². The maximum atomic E-state index is 12.5. The maximum absolute atomic E-state index is 12.5. The molecule has 35 heavy (non-hydrogen) atoms. The number of nitrogens with zero attached hydrogens (tertiary/aromatic N) is 1. The molecule has 1 saturated heterocycles. The van der Waals surface area contributed by atoms with Gasteiger partial charge in [-0.05, 0) is 70.4 Å². The van der Waals surface area contributed by atoms with E-state index in [1.807, 2.05) is 26.0 Å². The average molecular weight is 492 g/mol. The van der Waals surface area contributed by atoms with Crippen molar-refractivity contribution in [2.24, 2.45) is 0 Å². The van der Waals surface area contributed by atoms with Crippen LogP contribution in [-0.4, -0.2) is 33.4 Å². The molecule has 6 heteroatoms. The summed E-state index contributed by atoms with van der Waals surface area (Å²) >= 11 is 1.54. The van der Waals surface area contributed by atoms with Crippen molar-refractivity contribution in [3.8, 4) is 16.3 Å². The van der Waals surface area contributed by atoms with Crippen LogP contribution in [0.15, 0.2) is 31.4 Å². The molecular formula is C29H33NO4S. The SMILES string of the molecule is C=Cc1sc(-c2cc(C(=O)O)c3c(OC4CC(C)(C)OC(C)(C)C4)ccc(C)c3n2)c(C)c1C=C. The first-order valence-electron chi connectivity index (χ1n) is 11.8. The second-order valence-electron chi connectivity index (χ2n) is 10.5. The lowest BCUT2D eigenvalue weighted by molar-refractivity contribution is -0.182. The third kappa shape index (κ3) is 4.78. The normalized spacial score (nSPS) is 17.3. The van der Waals surface area contributed by atoms with Gasteiger partial charge in [0.25, 0.3) is 0 Å². The molecule has 0 amide bonds. The Hall–Kier alpha value is -2.96. The van der Waals surface area contributed by atoms with Gasteiger partial charge < -0.3 is 14.6 Å². The Kier molecular flexibility index (Phi) is 6.41. The van der Waals surface area contributed by atoms with Gasteiger partial charge in [0, 0.05) is 17.7 Å². The van der Waals surface area contributed by atoms with Crippen LogP contribution in [0.3, 0.4) is 0 Å². The summed E-state index contributed by atoms with van der Waals surface area (Å²) < 4.78 is 12.7. The highest BCUT2D eigenvalue weighted by Crippen LogP contribution is 2.42. The van der Waals surface area contributed by atoms with Gasteiger partial charge in [0.15, 0.2) is 0 Å². The highest BCUT2D eigenvalue weighted by atomic mass is 32.1. The lowest BCUT2D eigenvalue weighted by atomic mass is 9.87. The van der Waals surface area contributed by atoms with Gasteiger partial charge in [-0.25, -0.2) is 9.78 Å². The first-order valence-corrected chi connectivity index (χ1v) is 12.6. The molecule has 0 unspecified atom stereocenters. The number of hydrogen-bond acceptors (Lipinski definition) is 5. The Balaban J connectivity index is 1.88. The number of thiophene rings is 1. The number of aromatic nitrogens is 1. The van der Waals surface area contributed by atoms with Crippen LogP contribution in [-0.2, 0) is 4.74 Å². The largest absolute Gasteiger partial charge is 0.489 e. The van der Waals surface area contributed by atoms with Crippen molar-refractivity contribution in [2.75, 3.05) is 0 Å². The van der Waals surface area contributed by atoms with Crippen LogP contribution in [0.25, 0.3) is 33.6 Å². The number of carbonyl (C=O) groups is 1. The van der Waals surface area contributed by atoms with E-state index >= 15 is 0 Å². The zero-order valence-corrected chi connectivity index (χ0v) is 22.1. The van der Waals surface area contributed by atoms with Crippen molar-refractivity contribution >= 4 is 40.4 Å². The van der Waals surface area contributed by atoms with Gasteiger partial charge in [0.05, 0.1) is 38.2 Å². The average Bonchev–Trinajstić information content (AvgIpc) is 3.08. The molecule has 0 saturated carbocycles. The first-order chi connectivity index (χ1) is 16.4. The number of aryl methyl sites for hydroxylation is 1. The number of hydrogen-bond donors (Lipinski definition) is 1. The number of carboxylic acids is 1. The van der Waals surface area contributed by atoms with Crippen LogP contribution in [0, 0.1) is 13.8 Å². The molecule has 1 aliphatic rings. The maximum Gasteiger partial charge on any atom is 0.336 e. The summed E-state index contributed by atoms with van der Waals surface area (Å²) in [5.74, 6) is -0.467. The van der Waals surface area contributed by atoms with Crippen molar-refractivity contribution in [1.29, 1.82) is 0 Å². The Bertz CT molecular complexity index is 1330. The molecule has 0 radical (unpaired) electrons. The summed E-state index contributed by atoms with van der Waals surface area (Å²) in [7, 11) is 0.